The van der Waals surface area contributed by atoms with E-state index in [2.05, 4.69) is 11.2 Å². The van der Waals surface area contributed by atoms with Crippen molar-refractivity contribution >= 4 is 22.6 Å². The Labute approximate surface area is 151 Å². The van der Waals surface area contributed by atoms with Gasteiger partial charge in [-0.25, -0.2) is 4.99 Å². The minimum atomic E-state index is -0.0452. The van der Waals surface area contributed by atoms with E-state index in [1.165, 1.54) is 19.3 Å². The number of thioether (sulfide) groups is 1. The Morgan fingerprint density at radius 1 is 1.28 bits per heavy atom. The van der Waals surface area contributed by atoms with Crippen LogP contribution in [0.25, 0.3) is 0 Å². The summed E-state index contributed by atoms with van der Waals surface area (Å²) in [4.78, 5) is 17.5. The molecule has 1 aromatic heterocycles. The number of benzene rings is 1. The highest BCUT2D eigenvalue weighted by atomic mass is 32.2. The molecule has 0 amide bonds. The lowest BCUT2D eigenvalue weighted by Crippen LogP contribution is -2.16. The number of aromatic nitrogens is 2. The van der Waals surface area contributed by atoms with E-state index in [1.807, 2.05) is 29.8 Å². The summed E-state index contributed by atoms with van der Waals surface area (Å²) in [5.74, 6) is 1.63. The smallest absolute Gasteiger partial charge is 0.271 e. The van der Waals surface area contributed by atoms with Gasteiger partial charge in [0.05, 0.1) is 29.0 Å². The number of rotatable bonds is 3. The molecule has 1 saturated carbocycles. The number of aromatic amines is 1. The first-order valence-electron chi connectivity index (χ1n) is 8.87. The molecule has 0 spiro atoms. The molecular weight excluding hydrogens is 334 g/mol. The van der Waals surface area contributed by atoms with Crippen LogP contribution in [-0.2, 0) is 0 Å². The van der Waals surface area contributed by atoms with Gasteiger partial charge in [-0.05, 0) is 37.5 Å². The molecule has 0 radical (unpaired) electrons. The third kappa shape index (κ3) is 3.03. The number of methoxy groups -OCH3 is 1. The summed E-state index contributed by atoms with van der Waals surface area (Å²) >= 11 is 1.64. The monoisotopic (exact) mass is 357 g/mol. The zero-order valence-electron chi connectivity index (χ0n) is 14.6. The quantitative estimate of drug-likeness (QED) is 0.875. The summed E-state index contributed by atoms with van der Waals surface area (Å²) in [5.41, 5.74) is 1.83. The van der Waals surface area contributed by atoms with Crippen LogP contribution in [0, 0.1) is 0 Å². The Morgan fingerprint density at radius 2 is 2.08 bits per heavy atom. The van der Waals surface area contributed by atoms with Gasteiger partial charge in [0.2, 0.25) is 0 Å². The summed E-state index contributed by atoms with van der Waals surface area (Å²) in [6.07, 6.45) is 5.95. The van der Waals surface area contributed by atoms with E-state index in [0.717, 1.165) is 40.6 Å². The molecular formula is C19H23N3O2S. The second kappa shape index (κ2) is 6.75. The molecule has 1 aliphatic carbocycles. The van der Waals surface area contributed by atoms with Gasteiger partial charge in [-0.15, -0.1) is 0 Å². The highest BCUT2D eigenvalue weighted by Crippen LogP contribution is 2.45. The van der Waals surface area contributed by atoms with Crippen molar-refractivity contribution in [1.82, 2.24) is 9.78 Å². The summed E-state index contributed by atoms with van der Waals surface area (Å²) in [5, 5.41) is 4.03. The van der Waals surface area contributed by atoms with Crippen molar-refractivity contribution < 1.29 is 4.74 Å². The SMILES string of the molecule is COc1cccc(C2SC(C)=Nc3c2c(=O)[nH]n3C2CCCCC2)c1. The predicted molar refractivity (Wildman–Crippen MR) is 102 cm³/mol. The fourth-order valence-electron chi connectivity index (χ4n) is 3.85. The van der Waals surface area contributed by atoms with Gasteiger partial charge in [-0.2, -0.15) is 0 Å². The molecule has 2 heterocycles. The maximum atomic E-state index is 12.8. The predicted octanol–water partition coefficient (Wildman–Crippen LogP) is 4.58. The second-order valence-corrected chi connectivity index (χ2v) is 8.04. The van der Waals surface area contributed by atoms with Crippen molar-refractivity contribution in [1.29, 1.82) is 0 Å². The Hall–Kier alpha value is -1.95. The van der Waals surface area contributed by atoms with Crippen molar-refractivity contribution in [3.05, 3.63) is 45.7 Å². The van der Waals surface area contributed by atoms with Crippen LogP contribution >= 0.6 is 11.8 Å². The lowest BCUT2D eigenvalue weighted by atomic mass is 9.95. The Balaban J connectivity index is 1.80. The zero-order chi connectivity index (χ0) is 17.4. The molecule has 1 fully saturated rings. The van der Waals surface area contributed by atoms with E-state index < -0.39 is 0 Å². The van der Waals surface area contributed by atoms with Crippen molar-refractivity contribution in [2.24, 2.45) is 4.99 Å². The number of H-pyrrole nitrogens is 1. The number of fused-ring (bicyclic) bond motifs is 1. The first-order chi connectivity index (χ1) is 12.2. The maximum absolute atomic E-state index is 12.8. The fraction of sp³-hybridized carbons (Fsp3) is 0.474. The molecule has 1 N–H and O–H groups in total. The molecule has 1 aliphatic heterocycles. The topological polar surface area (TPSA) is 59.4 Å². The number of hydrogen-bond acceptors (Lipinski definition) is 4. The molecule has 0 saturated heterocycles. The molecule has 2 aliphatic rings. The normalized spacial score (nSPS) is 20.9. The molecule has 2 aromatic rings. The van der Waals surface area contributed by atoms with Crippen LogP contribution in [0.2, 0.25) is 0 Å². The van der Waals surface area contributed by atoms with E-state index in [4.69, 9.17) is 9.73 Å². The number of nitrogens with zero attached hydrogens (tertiary/aromatic N) is 2. The number of ether oxygens (including phenoxy) is 1. The van der Waals surface area contributed by atoms with E-state index in [1.54, 1.807) is 18.9 Å². The van der Waals surface area contributed by atoms with Gasteiger partial charge in [-0.1, -0.05) is 43.2 Å². The largest absolute Gasteiger partial charge is 0.497 e. The standard InChI is InChI=1S/C19H23N3O2S/c1-12-20-18-16(17(25-12)13-7-6-10-15(11-13)24-2)19(23)21-22(18)14-8-4-3-5-9-14/h6-7,10-11,14,17H,3-5,8-9H2,1-2H3,(H,21,23). The molecule has 132 valence electrons. The molecule has 25 heavy (non-hydrogen) atoms. The molecule has 4 rings (SSSR count). The van der Waals surface area contributed by atoms with Crippen molar-refractivity contribution in [3.8, 4) is 5.75 Å². The molecule has 0 bridgehead atoms. The first-order valence-corrected chi connectivity index (χ1v) is 9.75. The Kier molecular flexibility index (Phi) is 4.46. The van der Waals surface area contributed by atoms with Crippen LogP contribution in [-0.4, -0.2) is 21.9 Å². The van der Waals surface area contributed by atoms with Gasteiger partial charge in [0.15, 0.2) is 5.82 Å². The third-order valence-electron chi connectivity index (χ3n) is 5.09. The minimum Gasteiger partial charge on any atom is -0.497 e. The lowest BCUT2D eigenvalue weighted by Gasteiger charge is -2.26. The summed E-state index contributed by atoms with van der Waals surface area (Å²) in [6.45, 7) is 2.02. The average Bonchev–Trinajstić information content (AvgIpc) is 2.98. The van der Waals surface area contributed by atoms with Gasteiger partial charge < -0.3 is 4.74 Å². The number of nitrogens with one attached hydrogen (secondary N) is 1. The highest BCUT2D eigenvalue weighted by Gasteiger charge is 2.32. The summed E-state index contributed by atoms with van der Waals surface area (Å²) in [6, 6.07) is 8.32. The van der Waals surface area contributed by atoms with Crippen molar-refractivity contribution in [3.63, 3.8) is 0 Å². The number of hydrogen-bond donors (Lipinski definition) is 1. The van der Waals surface area contributed by atoms with Crippen LogP contribution in [0.1, 0.15) is 61.4 Å². The Morgan fingerprint density at radius 3 is 2.84 bits per heavy atom. The first kappa shape index (κ1) is 16.5. The van der Waals surface area contributed by atoms with Crippen LogP contribution in [0.3, 0.4) is 0 Å². The van der Waals surface area contributed by atoms with Gasteiger partial charge >= 0.3 is 0 Å². The zero-order valence-corrected chi connectivity index (χ0v) is 15.4. The van der Waals surface area contributed by atoms with Gasteiger partial charge in [-0.3, -0.25) is 14.6 Å². The summed E-state index contributed by atoms with van der Waals surface area (Å²) < 4.78 is 7.40. The van der Waals surface area contributed by atoms with Crippen LogP contribution in [0.4, 0.5) is 5.82 Å². The van der Waals surface area contributed by atoms with Crippen LogP contribution in [0.15, 0.2) is 34.1 Å². The third-order valence-corrected chi connectivity index (χ3v) is 6.26. The highest BCUT2D eigenvalue weighted by molar-refractivity contribution is 8.14. The molecule has 5 nitrogen and oxygen atoms in total. The van der Waals surface area contributed by atoms with Gasteiger partial charge in [0.25, 0.3) is 5.56 Å². The van der Waals surface area contributed by atoms with E-state index in [0.29, 0.717) is 6.04 Å². The van der Waals surface area contributed by atoms with Gasteiger partial charge in [0, 0.05) is 0 Å². The van der Waals surface area contributed by atoms with Gasteiger partial charge in [0.1, 0.15) is 5.75 Å². The Bertz CT molecular complexity index is 862. The summed E-state index contributed by atoms with van der Waals surface area (Å²) in [7, 11) is 1.66. The fourth-order valence-corrected chi connectivity index (χ4v) is 4.95. The minimum absolute atomic E-state index is 0.0165. The molecule has 1 unspecified atom stereocenters. The average molecular weight is 357 g/mol. The van der Waals surface area contributed by atoms with Crippen molar-refractivity contribution in [2.75, 3.05) is 7.11 Å². The molecule has 1 atom stereocenters. The van der Waals surface area contributed by atoms with E-state index in [-0.39, 0.29) is 10.8 Å². The lowest BCUT2D eigenvalue weighted by molar-refractivity contribution is 0.331. The van der Waals surface area contributed by atoms with Crippen LogP contribution in [0.5, 0.6) is 5.75 Å². The second-order valence-electron chi connectivity index (χ2n) is 6.75. The number of aliphatic imine (C=N–C) groups is 1. The molecule has 6 heteroatoms. The van der Waals surface area contributed by atoms with E-state index in [9.17, 15) is 4.79 Å². The molecule has 1 aromatic carbocycles. The van der Waals surface area contributed by atoms with Crippen molar-refractivity contribution in [2.45, 2.75) is 50.3 Å². The maximum Gasteiger partial charge on any atom is 0.271 e. The van der Waals surface area contributed by atoms with Crippen LogP contribution < -0.4 is 10.3 Å². The van der Waals surface area contributed by atoms with E-state index >= 15 is 0 Å².